The molecule has 0 heteroatoms. The van der Waals surface area contributed by atoms with E-state index in [1.807, 2.05) is 0 Å². The standard InChI is InChI=1S/C88H72/c1-2-18-57-51-67(42-32-55(57)16-1)85-77-23-7-9-25-79(77)86(80-26-10-8-24-78(80)85)69-44-37-59-49-65(40-34-62(59)53-69)73-46-47-74(76-22-6-5-21-75(73)76)66-41-35-63-54-70(45-38-60(63)50-66)88-83-29-13-11-27-81(83)87(82-28-12-14-30-84(82)88)68-43-36-58-48-64(39-33-61(58)52-68)72-31-15-19-56-17-3-4-20-71(56)72/h1,3-17,19-32,34,38,40,42,45,48-53,56,63,71,81,83H,2,18,33,35-37,39,41,43-44,46-47,54H2. The zero-order chi connectivity index (χ0) is 57.8. The molecule has 11 aliphatic rings. The lowest BCUT2D eigenvalue weighted by Crippen LogP contribution is -2.41. The summed E-state index contributed by atoms with van der Waals surface area (Å²) in [4.78, 5) is 0. The second-order valence-corrected chi connectivity index (χ2v) is 26.7. The third kappa shape index (κ3) is 8.68. The number of rotatable bonds is 7. The van der Waals surface area contributed by atoms with Gasteiger partial charge in [-0.1, -0.05) is 249 Å². The zero-order valence-electron chi connectivity index (χ0n) is 50.3. The average molecular weight is 1130 g/mol. The van der Waals surface area contributed by atoms with Gasteiger partial charge in [-0.3, -0.25) is 0 Å². The van der Waals surface area contributed by atoms with Gasteiger partial charge in [0.1, 0.15) is 0 Å². The van der Waals surface area contributed by atoms with Crippen LogP contribution in [0.5, 0.6) is 0 Å². The van der Waals surface area contributed by atoms with Crippen LogP contribution in [0.3, 0.4) is 0 Å². The van der Waals surface area contributed by atoms with E-state index in [-0.39, 0.29) is 0 Å². The van der Waals surface area contributed by atoms with Gasteiger partial charge in [0.25, 0.3) is 0 Å². The maximum atomic E-state index is 2.63. The van der Waals surface area contributed by atoms with Crippen molar-refractivity contribution in [2.45, 2.75) is 83.5 Å². The quantitative estimate of drug-likeness (QED) is 0.140. The van der Waals surface area contributed by atoms with Gasteiger partial charge in [0, 0.05) is 23.7 Å². The fourth-order valence-electron chi connectivity index (χ4n) is 18.0. The van der Waals surface area contributed by atoms with Crippen LogP contribution in [0, 0.1) is 29.6 Å². The van der Waals surface area contributed by atoms with E-state index in [4.69, 9.17) is 0 Å². The molecule has 0 spiro atoms. The molecule has 11 aliphatic carbocycles. The Kier molecular flexibility index (Phi) is 12.6. The molecular formula is C88H72. The molecule has 0 saturated carbocycles. The Morgan fingerprint density at radius 3 is 1.73 bits per heavy atom. The summed E-state index contributed by atoms with van der Waals surface area (Å²) in [6, 6.07) is 51.8. The van der Waals surface area contributed by atoms with Crippen molar-refractivity contribution in [3.8, 4) is 11.1 Å². The molecule has 0 nitrogen and oxygen atoms in total. The van der Waals surface area contributed by atoms with Crippen LogP contribution in [0.1, 0.15) is 104 Å². The monoisotopic (exact) mass is 1130 g/mol. The van der Waals surface area contributed by atoms with Crippen LogP contribution >= 0.6 is 0 Å². The van der Waals surface area contributed by atoms with Crippen LogP contribution in [0.2, 0.25) is 0 Å². The van der Waals surface area contributed by atoms with E-state index >= 15 is 0 Å². The minimum Gasteiger partial charge on any atom is -0.0836 e. The minimum atomic E-state index is 0.328. The molecule has 18 rings (SSSR count). The second kappa shape index (κ2) is 21.3. The molecule has 0 radical (unpaired) electrons. The van der Waals surface area contributed by atoms with Gasteiger partial charge >= 0.3 is 0 Å². The van der Waals surface area contributed by atoms with Crippen LogP contribution < -0.4 is 20.9 Å². The maximum absolute atomic E-state index is 2.63. The van der Waals surface area contributed by atoms with Crippen LogP contribution in [0.15, 0.2) is 281 Å². The number of hydrogen-bond donors (Lipinski definition) is 0. The minimum absolute atomic E-state index is 0.328. The molecule has 0 bridgehead atoms. The predicted octanol–water partition coefficient (Wildman–Crippen LogP) is 18.8. The highest BCUT2D eigenvalue weighted by molar-refractivity contribution is 6.20. The van der Waals surface area contributed by atoms with Gasteiger partial charge in [0.15, 0.2) is 0 Å². The molecule has 0 fully saturated rings. The van der Waals surface area contributed by atoms with E-state index in [0.717, 1.165) is 77.0 Å². The molecule has 5 atom stereocenters. The molecule has 7 aromatic carbocycles. The van der Waals surface area contributed by atoms with E-state index in [1.54, 1.807) is 50.2 Å². The Labute approximate surface area is 518 Å². The van der Waals surface area contributed by atoms with E-state index in [0.29, 0.717) is 29.6 Å². The van der Waals surface area contributed by atoms with E-state index in [9.17, 15) is 0 Å². The van der Waals surface area contributed by atoms with Crippen molar-refractivity contribution in [1.29, 1.82) is 0 Å². The molecule has 88 heavy (non-hydrogen) atoms. The van der Waals surface area contributed by atoms with E-state index in [1.165, 1.54) is 116 Å². The fourth-order valence-corrected chi connectivity index (χ4v) is 18.0. The van der Waals surface area contributed by atoms with E-state index < -0.39 is 0 Å². The van der Waals surface area contributed by atoms with Crippen LogP contribution in [0.4, 0.5) is 0 Å². The van der Waals surface area contributed by atoms with Crippen molar-refractivity contribution in [2.75, 3.05) is 0 Å². The largest absolute Gasteiger partial charge is 0.0836 e. The lowest BCUT2D eigenvalue weighted by Gasteiger charge is -2.38. The molecule has 424 valence electrons. The maximum Gasteiger partial charge on any atom is 0.0134 e. The topological polar surface area (TPSA) is 0 Å². The van der Waals surface area contributed by atoms with Crippen molar-refractivity contribution in [1.82, 2.24) is 0 Å². The number of benzene rings is 7. The third-order valence-corrected chi connectivity index (χ3v) is 22.1. The Morgan fingerprint density at radius 1 is 0.364 bits per heavy atom. The van der Waals surface area contributed by atoms with Crippen LogP contribution in [-0.4, -0.2) is 0 Å². The highest BCUT2D eigenvalue weighted by Gasteiger charge is 2.37. The third-order valence-electron chi connectivity index (χ3n) is 22.1. The summed E-state index contributed by atoms with van der Waals surface area (Å²) >= 11 is 0. The molecule has 7 aromatic rings. The highest BCUT2D eigenvalue weighted by atomic mass is 14.4. The van der Waals surface area contributed by atoms with Gasteiger partial charge < -0.3 is 0 Å². The Bertz CT molecular complexity index is 4940. The summed E-state index contributed by atoms with van der Waals surface area (Å²) in [6.07, 6.45) is 60.3. The molecule has 0 amide bonds. The first kappa shape index (κ1) is 52.1. The van der Waals surface area contributed by atoms with Gasteiger partial charge in [0.05, 0.1) is 0 Å². The highest BCUT2D eigenvalue weighted by Crippen LogP contribution is 2.50. The summed E-state index contributed by atoms with van der Waals surface area (Å²) in [5.74, 6) is 2.14. The fraction of sp³-hybridized carbons (Fsp3) is 0.205. The van der Waals surface area contributed by atoms with Gasteiger partial charge in [-0.2, -0.15) is 0 Å². The van der Waals surface area contributed by atoms with E-state index in [2.05, 4.69) is 249 Å². The number of aryl methyl sites for hydroxylation is 2. The Morgan fingerprint density at radius 2 is 0.955 bits per heavy atom. The van der Waals surface area contributed by atoms with Gasteiger partial charge in [0.2, 0.25) is 0 Å². The summed E-state index contributed by atoms with van der Waals surface area (Å²) in [5.41, 5.74) is 31.1. The normalized spacial score (nSPS) is 23.7. The number of hydrogen-bond acceptors (Lipinski definition) is 0. The first-order valence-corrected chi connectivity index (χ1v) is 33.2. The molecule has 0 saturated heterocycles. The molecule has 0 aliphatic heterocycles. The smallest absolute Gasteiger partial charge is 0.0134 e. The van der Waals surface area contributed by atoms with Crippen molar-refractivity contribution >= 4 is 61.6 Å². The van der Waals surface area contributed by atoms with Crippen LogP contribution in [0.25, 0.3) is 72.7 Å². The number of allylic oxidation sites excluding steroid dienone is 26. The summed E-state index contributed by atoms with van der Waals surface area (Å²) in [7, 11) is 0. The number of fused-ring (bicyclic) bond motifs is 9. The lowest BCUT2D eigenvalue weighted by atomic mass is 9.66. The van der Waals surface area contributed by atoms with Gasteiger partial charge in [-0.05, 0) is 249 Å². The Balaban J connectivity index is 0.661. The first-order chi connectivity index (χ1) is 43.6. The molecule has 0 heterocycles. The predicted molar refractivity (Wildman–Crippen MR) is 371 cm³/mol. The molecular weight excluding hydrogens is 1060 g/mol. The van der Waals surface area contributed by atoms with Gasteiger partial charge in [-0.25, -0.2) is 0 Å². The van der Waals surface area contributed by atoms with Crippen molar-refractivity contribution < 1.29 is 0 Å². The first-order valence-electron chi connectivity index (χ1n) is 33.2. The Hall–Kier alpha value is -9.10. The summed E-state index contributed by atoms with van der Waals surface area (Å²) in [6.45, 7) is 0. The molecule has 5 unspecified atom stereocenters. The van der Waals surface area contributed by atoms with Crippen LogP contribution in [-0.2, 0) is 12.8 Å². The van der Waals surface area contributed by atoms with Crippen molar-refractivity contribution in [3.05, 3.63) is 336 Å². The summed E-state index contributed by atoms with van der Waals surface area (Å²) < 4.78 is 0. The lowest BCUT2D eigenvalue weighted by molar-refractivity contribution is 0.544. The second-order valence-electron chi connectivity index (χ2n) is 26.7. The average Bonchev–Trinajstić information content (AvgIpc) is 1.61. The van der Waals surface area contributed by atoms with Crippen molar-refractivity contribution in [3.63, 3.8) is 0 Å². The zero-order valence-corrected chi connectivity index (χ0v) is 50.3. The SMILES string of the molecule is C1=CC2C=CC=C(C3=CC4=C(C=C(C5=c6ccccc6=C(C6=CC=C7C=C(C8=c9ccccc9=C(c9ccc%10c(c9)CCC(c9c%11ccccc%11c(-c%11ccc%12c(c%11)CCC=C%12)c%11ccccc9%11)=C%10)CC8)CCC7C6)C6C=CC=CC56)CC4)CC3)C2C=C1. The summed E-state index contributed by atoms with van der Waals surface area (Å²) in [5, 5.41) is 11.2. The van der Waals surface area contributed by atoms with Crippen molar-refractivity contribution in [2.24, 2.45) is 29.6 Å². The van der Waals surface area contributed by atoms with Gasteiger partial charge in [-0.15, -0.1) is 0 Å². The molecule has 0 N–H and O–H groups in total. The molecule has 0 aromatic heterocycles.